The standard InChI is InChI=1S/C23H18F4O4/c24-19-13-16(10-11-21(19)30-14-22(28)29)9-8-15-4-3-5-17(12-15)18-6-1-2-7-20(18)31-23(25,26)27/h1-7,10-13H,8-9,14H2,(H,28,29). The molecule has 3 rings (SSSR count). The molecule has 0 amide bonds. The minimum Gasteiger partial charge on any atom is -0.479 e. The van der Waals surface area contributed by atoms with E-state index in [0.29, 0.717) is 29.5 Å². The molecule has 3 aromatic rings. The maximum absolute atomic E-state index is 14.1. The van der Waals surface area contributed by atoms with Gasteiger partial charge in [-0.2, -0.15) is 0 Å². The molecule has 4 nitrogen and oxygen atoms in total. The Morgan fingerprint density at radius 1 is 0.871 bits per heavy atom. The average Bonchev–Trinajstić information content (AvgIpc) is 2.71. The molecule has 0 atom stereocenters. The Bertz CT molecular complexity index is 1060. The number of aryl methyl sites for hydroxylation is 2. The Kier molecular flexibility index (Phi) is 6.79. The van der Waals surface area contributed by atoms with Gasteiger partial charge in [0.25, 0.3) is 0 Å². The first kappa shape index (κ1) is 22.1. The number of carboxylic acid groups (broad SMARTS) is 1. The first-order valence-corrected chi connectivity index (χ1v) is 9.28. The number of ether oxygens (including phenoxy) is 2. The average molecular weight is 434 g/mol. The predicted octanol–water partition coefficient (Wildman–Crippen LogP) is 5.64. The molecule has 8 heteroatoms. The molecular formula is C23H18F4O4. The van der Waals surface area contributed by atoms with Crippen molar-refractivity contribution in [1.29, 1.82) is 0 Å². The van der Waals surface area contributed by atoms with Gasteiger partial charge in [-0.25, -0.2) is 9.18 Å². The zero-order chi connectivity index (χ0) is 22.4. The topological polar surface area (TPSA) is 55.8 Å². The fourth-order valence-corrected chi connectivity index (χ4v) is 3.06. The number of alkyl halides is 3. The number of aliphatic carboxylic acids is 1. The number of hydrogen-bond donors (Lipinski definition) is 1. The van der Waals surface area contributed by atoms with Crippen LogP contribution in [0.1, 0.15) is 11.1 Å². The molecule has 162 valence electrons. The molecule has 0 saturated carbocycles. The summed E-state index contributed by atoms with van der Waals surface area (Å²) in [5.74, 6) is -2.29. The van der Waals surface area contributed by atoms with Crippen molar-refractivity contribution in [2.45, 2.75) is 19.2 Å². The number of carbonyl (C=O) groups is 1. The summed E-state index contributed by atoms with van der Waals surface area (Å²) >= 11 is 0. The van der Waals surface area contributed by atoms with Crippen molar-refractivity contribution in [2.75, 3.05) is 6.61 Å². The smallest absolute Gasteiger partial charge is 0.479 e. The Hall–Kier alpha value is -3.55. The van der Waals surface area contributed by atoms with Gasteiger partial charge < -0.3 is 14.6 Å². The van der Waals surface area contributed by atoms with Crippen LogP contribution in [0.15, 0.2) is 66.7 Å². The van der Waals surface area contributed by atoms with Crippen LogP contribution in [0, 0.1) is 5.82 Å². The van der Waals surface area contributed by atoms with E-state index >= 15 is 0 Å². The predicted molar refractivity (Wildman–Crippen MR) is 105 cm³/mol. The van der Waals surface area contributed by atoms with Crippen molar-refractivity contribution in [3.63, 3.8) is 0 Å². The van der Waals surface area contributed by atoms with Crippen molar-refractivity contribution in [3.8, 4) is 22.6 Å². The lowest BCUT2D eigenvalue weighted by atomic mass is 9.98. The summed E-state index contributed by atoms with van der Waals surface area (Å²) in [5.41, 5.74) is 2.41. The number of hydrogen-bond acceptors (Lipinski definition) is 3. The van der Waals surface area contributed by atoms with Crippen molar-refractivity contribution < 1.29 is 36.9 Å². The highest BCUT2D eigenvalue weighted by Crippen LogP contribution is 2.34. The van der Waals surface area contributed by atoms with E-state index in [1.165, 1.54) is 24.3 Å². The molecule has 0 heterocycles. The molecular weight excluding hydrogens is 416 g/mol. The highest BCUT2D eigenvalue weighted by atomic mass is 19.4. The van der Waals surface area contributed by atoms with E-state index in [9.17, 15) is 22.4 Å². The second-order valence-electron chi connectivity index (χ2n) is 6.69. The molecule has 0 saturated heterocycles. The summed E-state index contributed by atoms with van der Waals surface area (Å²) in [4.78, 5) is 10.5. The highest BCUT2D eigenvalue weighted by molar-refractivity contribution is 5.71. The Morgan fingerprint density at radius 3 is 2.26 bits per heavy atom. The summed E-state index contributed by atoms with van der Waals surface area (Å²) in [6, 6.07) is 17.2. The van der Waals surface area contributed by atoms with Crippen molar-refractivity contribution >= 4 is 5.97 Å². The van der Waals surface area contributed by atoms with Gasteiger partial charge in [0.15, 0.2) is 18.2 Å². The molecule has 0 unspecified atom stereocenters. The van der Waals surface area contributed by atoms with Crippen molar-refractivity contribution in [2.24, 2.45) is 0 Å². The molecule has 1 N–H and O–H groups in total. The normalized spacial score (nSPS) is 11.2. The molecule has 0 bridgehead atoms. The number of benzene rings is 3. The summed E-state index contributed by atoms with van der Waals surface area (Å²) in [6.45, 7) is -0.636. The van der Waals surface area contributed by atoms with E-state index in [4.69, 9.17) is 9.84 Å². The van der Waals surface area contributed by atoms with E-state index in [-0.39, 0.29) is 11.5 Å². The van der Waals surface area contributed by atoms with Gasteiger partial charge in [0.05, 0.1) is 0 Å². The van der Waals surface area contributed by atoms with E-state index in [1.54, 1.807) is 36.4 Å². The lowest BCUT2D eigenvalue weighted by molar-refractivity contribution is -0.274. The van der Waals surface area contributed by atoms with Crippen LogP contribution in [0.5, 0.6) is 11.5 Å². The fourth-order valence-electron chi connectivity index (χ4n) is 3.06. The Labute approximate surface area is 175 Å². The first-order chi connectivity index (χ1) is 14.7. The second kappa shape index (κ2) is 9.51. The number of carboxylic acids is 1. The molecule has 3 aromatic carbocycles. The molecule has 0 aliphatic carbocycles. The third kappa shape index (κ3) is 6.47. The molecule has 31 heavy (non-hydrogen) atoms. The molecule has 0 aliphatic heterocycles. The zero-order valence-electron chi connectivity index (χ0n) is 16.2. The van der Waals surface area contributed by atoms with Crippen molar-refractivity contribution in [1.82, 2.24) is 0 Å². The maximum atomic E-state index is 14.1. The Morgan fingerprint density at radius 2 is 1.58 bits per heavy atom. The van der Waals surface area contributed by atoms with Crippen LogP contribution in [0.2, 0.25) is 0 Å². The zero-order valence-corrected chi connectivity index (χ0v) is 16.2. The van der Waals surface area contributed by atoms with Gasteiger partial charge in [-0.3, -0.25) is 0 Å². The lowest BCUT2D eigenvalue weighted by Crippen LogP contribution is -2.17. The van der Waals surface area contributed by atoms with Crippen LogP contribution in [0.3, 0.4) is 0 Å². The van der Waals surface area contributed by atoms with E-state index < -0.39 is 24.8 Å². The van der Waals surface area contributed by atoms with Gasteiger partial charge in [0.2, 0.25) is 0 Å². The molecule has 0 fully saturated rings. The van der Waals surface area contributed by atoms with Gasteiger partial charge in [0, 0.05) is 5.56 Å². The maximum Gasteiger partial charge on any atom is 0.573 e. The molecule has 0 aromatic heterocycles. The fraction of sp³-hybridized carbons (Fsp3) is 0.174. The number of halogens is 4. The SMILES string of the molecule is O=C(O)COc1ccc(CCc2cccc(-c3ccccc3OC(F)(F)F)c2)cc1F. The molecule has 0 radical (unpaired) electrons. The summed E-state index contributed by atoms with van der Waals surface area (Å²) in [5, 5.41) is 8.60. The second-order valence-corrected chi connectivity index (χ2v) is 6.69. The third-order valence-corrected chi connectivity index (χ3v) is 4.40. The third-order valence-electron chi connectivity index (χ3n) is 4.40. The van der Waals surface area contributed by atoms with Crippen LogP contribution < -0.4 is 9.47 Å². The molecule has 0 aliphatic rings. The van der Waals surface area contributed by atoms with E-state index in [1.807, 2.05) is 6.07 Å². The van der Waals surface area contributed by atoms with Crippen LogP contribution >= 0.6 is 0 Å². The van der Waals surface area contributed by atoms with Gasteiger partial charge in [-0.15, -0.1) is 13.2 Å². The van der Waals surface area contributed by atoms with Crippen LogP contribution in [-0.2, 0) is 17.6 Å². The van der Waals surface area contributed by atoms with Gasteiger partial charge in [-0.1, -0.05) is 48.5 Å². The monoisotopic (exact) mass is 434 g/mol. The van der Waals surface area contributed by atoms with Gasteiger partial charge in [0.1, 0.15) is 5.75 Å². The van der Waals surface area contributed by atoms with Gasteiger partial charge >= 0.3 is 12.3 Å². The largest absolute Gasteiger partial charge is 0.573 e. The van der Waals surface area contributed by atoms with E-state index in [2.05, 4.69) is 4.74 Å². The lowest BCUT2D eigenvalue weighted by Gasteiger charge is -2.14. The molecule has 0 spiro atoms. The quantitative estimate of drug-likeness (QED) is 0.466. The van der Waals surface area contributed by atoms with Crippen LogP contribution in [0.25, 0.3) is 11.1 Å². The minimum atomic E-state index is -4.79. The number of rotatable bonds is 8. The van der Waals surface area contributed by atoms with E-state index in [0.717, 1.165) is 5.56 Å². The van der Waals surface area contributed by atoms with Gasteiger partial charge in [-0.05, 0) is 47.7 Å². The van der Waals surface area contributed by atoms with Crippen LogP contribution in [-0.4, -0.2) is 24.0 Å². The van der Waals surface area contributed by atoms with Crippen molar-refractivity contribution in [3.05, 3.63) is 83.7 Å². The highest BCUT2D eigenvalue weighted by Gasteiger charge is 2.32. The minimum absolute atomic E-state index is 0.144. The summed E-state index contributed by atoms with van der Waals surface area (Å²) < 4.78 is 61.1. The summed E-state index contributed by atoms with van der Waals surface area (Å²) in [6.07, 6.45) is -3.80. The van der Waals surface area contributed by atoms with Crippen LogP contribution in [0.4, 0.5) is 17.6 Å². The number of para-hydroxylation sites is 1. The summed E-state index contributed by atoms with van der Waals surface area (Å²) in [7, 11) is 0. The Balaban J connectivity index is 1.72. The first-order valence-electron chi connectivity index (χ1n) is 9.28.